The van der Waals surface area contributed by atoms with Crippen molar-refractivity contribution >= 4 is 28.8 Å². The second-order valence-electron chi connectivity index (χ2n) is 6.04. The highest BCUT2D eigenvalue weighted by Crippen LogP contribution is 2.20. The molecule has 3 N–H and O–H groups in total. The van der Waals surface area contributed by atoms with Gasteiger partial charge in [-0.05, 0) is 26.8 Å². The van der Waals surface area contributed by atoms with E-state index in [1.807, 2.05) is 0 Å². The zero-order valence-corrected chi connectivity index (χ0v) is 13.3. The molecule has 0 saturated carbocycles. The molecule has 7 nitrogen and oxygen atoms in total. The Morgan fingerprint density at radius 3 is 2.48 bits per heavy atom. The van der Waals surface area contributed by atoms with Crippen molar-refractivity contribution in [3.05, 3.63) is 36.0 Å². The quantitative estimate of drug-likeness (QED) is 0.902. The van der Waals surface area contributed by atoms with Gasteiger partial charge in [-0.15, -0.1) is 0 Å². The Kier molecular flexibility index (Phi) is 4.40. The van der Waals surface area contributed by atoms with E-state index in [0.29, 0.717) is 10.9 Å². The molecule has 0 radical (unpaired) electrons. The van der Waals surface area contributed by atoms with Crippen LogP contribution in [0.4, 0.5) is 4.79 Å². The van der Waals surface area contributed by atoms with E-state index in [0.717, 1.165) is 0 Å². The van der Waals surface area contributed by atoms with Crippen molar-refractivity contribution in [2.24, 2.45) is 5.73 Å². The van der Waals surface area contributed by atoms with E-state index < -0.39 is 23.5 Å². The third kappa shape index (κ3) is 3.88. The molecule has 2 aromatic rings. The van der Waals surface area contributed by atoms with Crippen LogP contribution in [0.5, 0.6) is 0 Å². The zero-order chi connectivity index (χ0) is 17.2. The maximum absolute atomic E-state index is 12.3. The number of aromatic nitrogens is 1. The number of ether oxygens (including phenoxy) is 1. The summed E-state index contributed by atoms with van der Waals surface area (Å²) < 4.78 is 6.37. The summed E-state index contributed by atoms with van der Waals surface area (Å²) in [5, 5.41) is 2.98. The zero-order valence-electron chi connectivity index (χ0n) is 13.3. The third-order valence-electron chi connectivity index (χ3n) is 3.03. The van der Waals surface area contributed by atoms with Gasteiger partial charge in [-0.1, -0.05) is 18.2 Å². The number of carbonyl (C=O) groups is 3. The summed E-state index contributed by atoms with van der Waals surface area (Å²) in [6, 6.07) is 6.91. The van der Waals surface area contributed by atoms with Crippen molar-refractivity contribution < 1.29 is 19.1 Å². The van der Waals surface area contributed by atoms with Gasteiger partial charge in [-0.2, -0.15) is 0 Å². The Morgan fingerprint density at radius 1 is 1.22 bits per heavy atom. The summed E-state index contributed by atoms with van der Waals surface area (Å²) in [5.41, 5.74) is 5.49. The van der Waals surface area contributed by atoms with E-state index >= 15 is 0 Å². The van der Waals surface area contributed by atoms with E-state index in [1.165, 1.54) is 10.8 Å². The van der Waals surface area contributed by atoms with E-state index in [4.69, 9.17) is 10.5 Å². The van der Waals surface area contributed by atoms with E-state index in [-0.39, 0.29) is 12.1 Å². The van der Waals surface area contributed by atoms with Gasteiger partial charge in [-0.25, -0.2) is 4.79 Å². The van der Waals surface area contributed by atoms with E-state index in [9.17, 15) is 14.4 Å². The highest BCUT2D eigenvalue weighted by atomic mass is 16.6. The molecule has 0 spiro atoms. The Morgan fingerprint density at radius 2 is 1.87 bits per heavy atom. The predicted octanol–water partition coefficient (Wildman–Crippen LogP) is 1.91. The van der Waals surface area contributed by atoms with Gasteiger partial charge in [-0.3, -0.25) is 14.2 Å². The first-order valence-corrected chi connectivity index (χ1v) is 7.09. The normalized spacial score (nSPS) is 11.3. The summed E-state index contributed by atoms with van der Waals surface area (Å²) in [7, 11) is 0. The molecule has 0 bridgehead atoms. The molecule has 7 heteroatoms. The molecule has 2 amide bonds. The lowest BCUT2D eigenvalue weighted by Crippen LogP contribution is -2.36. The smallest absolute Gasteiger partial charge is 0.408 e. The number of hydrogen-bond acceptors (Lipinski definition) is 4. The molecular formula is C16H19N3O4. The van der Waals surface area contributed by atoms with Crippen LogP contribution >= 0.6 is 0 Å². The maximum atomic E-state index is 12.3. The topological polar surface area (TPSA) is 103 Å². The van der Waals surface area contributed by atoms with Crippen LogP contribution in [0.3, 0.4) is 0 Å². The largest absolute Gasteiger partial charge is 0.444 e. The van der Waals surface area contributed by atoms with Crippen molar-refractivity contribution in [2.75, 3.05) is 6.54 Å². The third-order valence-corrected chi connectivity index (χ3v) is 3.03. The van der Waals surface area contributed by atoms with Crippen LogP contribution in [0.1, 0.15) is 35.9 Å². The lowest BCUT2D eigenvalue weighted by atomic mass is 10.2. The molecule has 1 aromatic carbocycles. The van der Waals surface area contributed by atoms with E-state index in [2.05, 4.69) is 5.32 Å². The number of benzene rings is 1. The molecule has 0 fully saturated rings. The minimum Gasteiger partial charge on any atom is -0.444 e. The minimum absolute atomic E-state index is 0.256. The molecule has 0 unspecified atom stereocenters. The second-order valence-corrected chi connectivity index (χ2v) is 6.04. The fraction of sp³-hybridized carbons (Fsp3) is 0.312. The summed E-state index contributed by atoms with van der Waals surface area (Å²) in [4.78, 5) is 35.4. The molecule has 0 saturated heterocycles. The highest BCUT2D eigenvalue weighted by molar-refractivity contribution is 6.09. The van der Waals surface area contributed by atoms with Crippen molar-refractivity contribution in [1.82, 2.24) is 9.88 Å². The monoisotopic (exact) mass is 317 g/mol. The molecule has 0 aliphatic heterocycles. The van der Waals surface area contributed by atoms with Crippen LogP contribution in [0, 0.1) is 0 Å². The van der Waals surface area contributed by atoms with Gasteiger partial charge in [0.2, 0.25) is 0 Å². The highest BCUT2D eigenvalue weighted by Gasteiger charge is 2.19. The number of alkyl carbamates (subject to hydrolysis) is 1. The Bertz CT molecular complexity index is 771. The predicted molar refractivity (Wildman–Crippen MR) is 85.3 cm³/mol. The number of rotatable bonds is 3. The van der Waals surface area contributed by atoms with Crippen LogP contribution < -0.4 is 11.1 Å². The average molecular weight is 317 g/mol. The van der Waals surface area contributed by atoms with Crippen molar-refractivity contribution in [2.45, 2.75) is 26.4 Å². The van der Waals surface area contributed by atoms with Gasteiger partial charge in [0.15, 0.2) is 0 Å². The number of nitrogens with zero attached hydrogens (tertiary/aromatic N) is 1. The molecule has 1 heterocycles. The fourth-order valence-electron chi connectivity index (χ4n) is 2.13. The molecule has 2 rings (SSSR count). The number of hydrogen-bond donors (Lipinski definition) is 2. The molecular weight excluding hydrogens is 298 g/mol. The summed E-state index contributed by atoms with van der Waals surface area (Å²) in [6.45, 7) is 4.93. The number of nitrogens with one attached hydrogen (secondary N) is 1. The minimum atomic E-state index is -0.683. The van der Waals surface area contributed by atoms with Gasteiger partial charge in [0, 0.05) is 11.6 Å². The van der Waals surface area contributed by atoms with Gasteiger partial charge in [0.1, 0.15) is 12.1 Å². The molecule has 23 heavy (non-hydrogen) atoms. The van der Waals surface area contributed by atoms with E-state index in [1.54, 1.807) is 45.0 Å². The number of fused-ring (bicyclic) bond motifs is 1. The van der Waals surface area contributed by atoms with Gasteiger partial charge >= 0.3 is 6.09 Å². The van der Waals surface area contributed by atoms with Crippen molar-refractivity contribution in [3.8, 4) is 0 Å². The number of amides is 2. The number of primary amides is 1. The Labute approximate surface area is 133 Å². The van der Waals surface area contributed by atoms with Crippen LogP contribution in [0.25, 0.3) is 10.9 Å². The summed E-state index contributed by atoms with van der Waals surface area (Å²) in [6.07, 6.45) is 0.698. The molecule has 0 atom stereocenters. The van der Waals surface area contributed by atoms with Crippen LogP contribution in [0.15, 0.2) is 30.5 Å². The molecule has 0 aliphatic carbocycles. The summed E-state index contributed by atoms with van der Waals surface area (Å²) in [5.74, 6) is -1.02. The molecule has 0 aliphatic rings. The van der Waals surface area contributed by atoms with Crippen LogP contribution in [-0.4, -0.2) is 34.6 Å². The fourth-order valence-corrected chi connectivity index (χ4v) is 2.13. The Balaban J connectivity index is 2.19. The first-order valence-electron chi connectivity index (χ1n) is 7.09. The first-order chi connectivity index (χ1) is 10.7. The number of nitrogens with two attached hydrogens (primary N) is 1. The first kappa shape index (κ1) is 16.5. The van der Waals surface area contributed by atoms with Gasteiger partial charge < -0.3 is 15.8 Å². The number of carbonyl (C=O) groups excluding carboxylic acids is 3. The van der Waals surface area contributed by atoms with Crippen molar-refractivity contribution in [1.29, 1.82) is 0 Å². The van der Waals surface area contributed by atoms with Gasteiger partial charge in [0.05, 0.1) is 11.1 Å². The lowest BCUT2D eigenvalue weighted by molar-refractivity contribution is 0.0515. The maximum Gasteiger partial charge on any atom is 0.408 e. The van der Waals surface area contributed by atoms with Crippen LogP contribution in [-0.2, 0) is 4.74 Å². The van der Waals surface area contributed by atoms with Gasteiger partial charge in [0.25, 0.3) is 11.8 Å². The number of para-hydroxylation sites is 1. The second kappa shape index (κ2) is 6.12. The molecule has 1 aromatic heterocycles. The SMILES string of the molecule is CC(C)(C)OC(=O)NCC(=O)n1cc(C(N)=O)c2ccccc21. The average Bonchev–Trinajstić information content (AvgIpc) is 2.83. The van der Waals surface area contributed by atoms with Crippen LogP contribution in [0.2, 0.25) is 0 Å². The van der Waals surface area contributed by atoms with Crippen molar-refractivity contribution in [3.63, 3.8) is 0 Å². The standard InChI is InChI=1S/C16H19N3O4/c1-16(2,3)23-15(22)18-8-13(20)19-9-11(14(17)21)10-6-4-5-7-12(10)19/h4-7,9H,8H2,1-3H3,(H2,17,21)(H,18,22). The lowest BCUT2D eigenvalue weighted by Gasteiger charge is -2.19. The Hall–Kier alpha value is -2.83. The summed E-state index contributed by atoms with van der Waals surface area (Å²) >= 11 is 0. The molecule has 122 valence electrons.